The smallest absolute Gasteiger partial charge is 0.325 e. The second-order valence-corrected chi connectivity index (χ2v) is 4.77. The van der Waals surface area contributed by atoms with Gasteiger partial charge in [0.05, 0.1) is 23.9 Å². The van der Waals surface area contributed by atoms with Gasteiger partial charge < -0.3 is 10.5 Å². The van der Waals surface area contributed by atoms with Crippen LogP contribution in [0.25, 0.3) is 0 Å². The maximum atomic E-state index is 11.6. The molecule has 0 aliphatic heterocycles. The second-order valence-electron chi connectivity index (χ2n) is 4.33. The minimum atomic E-state index is -1.02. The standard InChI is InChI=1S/C11H18ClN3O2/c1-4-17-10(16)11(3,13)5-8(2)15-7-9(12)6-14-15/h6-8H,4-5,13H2,1-3H3. The van der Waals surface area contributed by atoms with Crippen LogP contribution < -0.4 is 5.73 Å². The van der Waals surface area contributed by atoms with Crippen LogP contribution in [0, 0.1) is 0 Å². The van der Waals surface area contributed by atoms with Crippen LogP contribution in [0.1, 0.15) is 33.2 Å². The first-order valence-electron chi connectivity index (χ1n) is 5.52. The van der Waals surface area contributed by atoms with E-state index in [1.807, 2.05) is 6.92 Å². The number of carbonyl (C=O) groups is 1. The molecule has 6 heteroatoms. The van der Waals surface area contributed by atoms with Gasteiger partial charge in [0.15, 0.2) is 0 Å². The van der Waals surface area contributed by atoms with Crippen LogP contribution in [0.2, 0.25) is 5.02 Å². The predicted molar refractivity (Wildman–Crippen MR) is 65.8 cm³/mol. The van der Waals surface area contributed by atoms with Gasteiger partial charge in [-0.25, -0.2) is 0 Å². The van der Waals surface area contributed by atoms with Crippen molar-refractivity contribution in [2.75, 3.05) is 6.61 Å². The van der Waals surface area contributed by atoms with Crippen LogP contribution in [-0.4, -0.2) is 27.9 Å². The molecule has 96 valence electrons. The maximum absolute atomic E-state index is 11.6. The molecule has 0 aliphatic rings. The molecule has 0 bridgehead atoms. The highest BCUT2D eigenvalue weighted by Crippen LogP contribution is 2.21. The van der Waals surface area contributed by atoms with Crippen LogP contribution >= 0.6 is 11.6 Å². The molecule has 1 aromatic heterocycles. The molecular formula is C11H18ClN3O2. The molecule has 0 aliphatic carbocycles. The Balaban J connectivity index is 2.67. The van der Waals surface area contributed by atoms with E-state index in [4.69, 9.17) is 22.1 Å². The van der Waals surface area contributed by atoms with Crippen LogP contribution in [-0.2, 0) is 9.53 Å². The van der Waals surface area contributed by atoms with Gasteiger partial charge >= 0.3 is 5.97 Å². The van der Waals surface area contributed by atoms with Crippen LogP contribution in [0.3, 0.4) is 0 Å². The van der Waals surface area contributed by atoms with Crippen molar-refractivity contribution in [3.05, 3.63) is 17.4 Å². The van der Waals surface area contributed by atoms with Gasteiger partial charge in [-0.1, -0.05) is 11.6 Å². The highest BCUT2D eigenvalue weighted by Gasteiger charge is 2.32. The number of nitrogens with two attached hydrogens (primary N) is 1. The summed E-state index contributed by atoms with van der Waals surface area (Å²) in [5.74, 6) is -0.398. The van der Waals surface area contributed by atoms with Gasteiger partial charge in [0.1, 0.15) is 5.54 Å². The first kappa shape index (κ1) is 14.0. The summed E-state index contributed by atoms with van der Waals surface area (Å²) in [6, 6.07) is -0.0260. The Morgan fingerprint density at radius 2 is 2.41 bits per heavy atom. The van der Waals surface area contributed by atoms with Crippen molar-refractivity contribution in [1.29, 1.82) is 0 Å². The molecule has 0 spiro atoms. The lowest BCUT2D eigenvalue weighted by Gasteiger charge is -2.25. The summed E-state index contributed by atoms with van der Waals surface area (Å²) in [7, 11) is 0. The fourth-order valence-electron chi connectivity index (χ4n) is 1.64. The normalized spacial score (nSPS) is 16.3. The van der Waals surface area contributed by atoms with Crippen molar-refractivity contribution in [1.82, 2.24) is 9.78 Å². The average molecular weight is 260 g/mol. The zero-order chi connectivity index (χ0) is 13.1. The van der Waals surface area contributed by atoms with Crippen LogP contribution in [0.5, 0.6) is 0 Å². The maximum Gasteiger partial charge on any atom is 0.325 e. The van der Waals surface area contributed by atoms with Crippen molar-refractivity contribution < 1.29 is 9.53 Å². The van der Waals surface area contributed by atoms with E-state index in [1.54, 1.807) is 30.9 Å². The summed E-state index contributed by atoms with van der Waals surface area (Å²) in [6.07, 6.45) is 3.69. The van der Waals surface area contributed by atoms with Crippen molar-refractivity contribution in [3.63, 3.8) is 0 Å². The summed E-state index contributed by atoms with van der Waals surface area (Å²) < 4.78 is 6.62. The summed E-state index contributed by atoms with van der Waals surface area (Å²) in [5.41, 5.74) is 4.92. The fraction of sp³-hybridized carbons (Fsp3) is 0.636. The third kappa shape index (κ3) is 3.71. The van der Waals surface area contributed by atoms with Crippen LogP contribution in [0.4, 0.5) is 0 Å². The minimum Gasteiger partial charge on any atom is -0.465 e. The SMILES string of the molecule is CCOC(=O)C(C)(N)CC(C)n1cc(Cl)cn1. The van der Waals surface area contributed by atoms with Crippen LogP contribution in [0.15, 0.2) is 12.4 Å². The Labute approximate surface area is 106 Å². The lowest BCUT2D eigenvalue weighted by molar-refractivity contribution is -0.149. The number of rotatable bonds is 5. The quantitative estimate of drug-likeness (QED) is 0.818. The number of aromatic nitrogens is 2. The molecule has 1 rings (SSSR count). The molecule has 2 N–H and O–H groups in total. The lowest BCUT2D eigenvalue weighted by Crippen LogP contribution is -2.47. The Morgan fingerprint density at radius 3 is 2.88 bits per heavy atom. The zero-order valence-electron chi connectivity index (χ0n) is 10.3. The molecule has 2 atom stereocenters. The number of ether oxygens (including phenoxy) is 1. The Bertz CT molecular complexity index is 390. The Morgan fingerprint density at radius 1 is 1.76 bits per heavy atom. The zero-order valence-corrected chi connectivity index (χ0v) is 11.1. The summed E-state index contributed by atoms with van der Waals surface area (Å²) >= 11 is 5.78. The topological polar surface area (TPSA) is 70.1 Å². The number of halogens is 1. The minimum absolute atomic E-state index is 0.0260. The fourth-order valence-corrected chi connectivity index (χ4v) is 1.79. The molecule has 5 nitrogen and oxygen atoms in total. The van der Waals surface area contributed by atoms with Gasteiger partial charge in [0.2, 0.25) is 0 Å². The monoisotopic (exact) mass is 259 g/mol. The molecule has 17 heavy (non-hydrogen) atoms. The summed E-state index contributed by atoms with van der Waals surface area (Å²) in [6.45, 7) is 5.67. The van der Waals surface area contributed by atoms with E-state index in [0.717, 1.165) is 0 Å². The van der Waals surface area contributed by atoms with Gasteiger partial charge in [-0.15, -0.1) is 0 Å². The van der Waals surface area contributed by atoms with Gasteiger partial charge in [-0.3, -0.25) is 9.48 Å². The molecule has 0 amide bonds. The average Bonchev–Trinajstić information content (AvgIpc) is 2.64. The van der Waals surface area contributed by atoms with E-state index in [9.17, 15) is 4.79 Å². The van der Waals surface area contributed by atoms with E-state index in [0.29, 0.717) is 18.1 Å². The number of hydrogen-bond donors (Lipinski definition) is 1. The number of nitrogens with zero attached hydrogens (tertiary/aromatic N) is 2. The van der Waals surface area contributed by atoms with E-state index in [2.05, 4.69) is 5.10 Å². The van der Waals surface area contributed by atoms with Crippen molar-refractivity contribution in [2.45, 2.75) is 38.8 Å². The van der Waals surface area contributed by atoms with Gasteiger partial charge in [-0.05, 0) is 27.2 Å². The molecular weight excluding hydrogens is 242 g/mol. The first-order valence-corrected chi connectivity index (χ1v) is 5.90. The molecule has 0 saturated carbocycles. The molecule has 2 unspecified atom stereocenters. The molecule has 0 radical (unpaired) electrons. The van der Waals surface area contributed by atoms with Gasteiger partial charge in [0, 0.05) is 6.20 Å². The third-order valence-corrected chi connectivity index (χ3v) is 2.68. The van der Waals surface area contributed by atoms with Crippen molar-refractivity contribution >= 4 is 17.6 Å². The number of esters is 1. The lowest BCUT2D eigenvalue weighted by atomic mass is 9.95. The van der Waals surface area contributed by atoms with Gasteiger partial charge in [-0.2, -0.15) is 5.10 Å². The summed E-state index contributed by atoms with van der Waals surface area (Å²) in [4.78, 5) is 11.6. The van der Waals surface area contributed by atoms with E-state index in [1.165, 1.54) is 0 Å². The van der Waals surface area contributed by atoms with E-state index >= 15 is 0 Å². The molecule has 0 saturated heterocycles. The third-order valence-electron chi connectivity index (χ3n) is 2.48. The summed E-state index contributed by atoms with van der Waals surface area (Å²) in [5, 5.41) is 4.64. The van der Waals surface area contributed by atoms with Crippen molar-refractivity contribution in [3.8, 4) is 0 Å². The Kier molecular flexibility index (Phi) is 4.54. The second kappa shape index (κ2) is 5.51. The van der Waals surface area contributed by atoms with Gasteiger partial charge in [0.25, 0.3) is 0 Å². The first-order chi connectivity index (χ1) is 7.86. The molecule has 1 heterocycles. The highest BCUT2D eigenvalue weighted by molar-refractivity contribution is 6.30. The highest BCUT2D eigenvalue weighted by atomic mass is 35.5. The Hall–Kier alpha value is -1.07. The molecule has 0 aromatic carbocycles. The number of hydrogen-bond acceptors (Lipinski definition) is 4. The predicted octanol–water partition coefficient (Wildman–Crippen LogP) is 1.77. The largest absolute Gasteiger partial charge is 0.465 e. The van der Waals surface area contributed by atoms with Crippen molar-refractivity contribution in [2.24, 2.45) is 5.73 Å². The molecule has 1 aromatic rings. The number of carbonyl (C=O) groups excluding carboxylic acids is 1. The molecule has 0 fully saturated rings. The van der Waals surface area contributed by atoms with E-state index in [-0.39, 0.29) is 6.04 Å². The van der Waals surface area contributed by atoms with E-state index < -0.39 is 11.5 Å².